The molecule has 3 heterocycles. The monoisotopic (exact) mass is 255 g/mol. The van der Waals surface area contributed by atoms with Crippen LogP contribution in [0.3, 0.4) is 0 Å². The number of hydrogen-bond acceptors (Lipinski definition) is 5. The van der Waals surface area contributed by atoms with Crippen LogP contribution in [0.4, 0.5) is 0 Å². The molecule has 0 saturated heterocycles. The topological polar surface area (TPSA) is 82.8 Å². The summed E-state index contributed by atoms with van der Waals surface area (Å²) in [5.74, 6) is 1.01. The first-order valence-electron chi connectivity index (χ1n) is 5.98. The lowest BCUT2D eigenvalue weighted by Gasteiger charge is -2.02. The number of aromatic nitrogens is 4. The van der Waals surface area contributed by atoms with Crippen LogP contribution in [0.2, 0.25) is 0 Å². The minimum Gasteiger partial charge on any atom is -0.342 e. The van der Waals surface area contributed by atoms with Gasteiger partial charge in [0, 0.05) is 37.2 Å². The Morgan fingerprint density at radius 1 is 1.26 bits per heavy atom. The van der Waals surface area contributed by atoms with Gasteiger partial charge in [-0.3, -0.25) is 4.98 Å². The average Bonchev–Trinajstić information content (AvgIpc) is 3.08. The van der Waals surface area contributed by atoms with Gasteiger partial charge in [-0.2, -0.15) is 4.98 Å². The molecule has 6 nitrogen and oxygen atoms in total. The Morgan fingerprint density at radius 3 is 3.00 bits per heavy atom. The second-order valence-corrected chi connectivity index (χ2v) is 4.04. The van der Waals surface area contributed by atoms with E-state index in [2.05, 4.69) is 15.1 Å². The Bertz CT molecular complexity index is 658. The Labute approximate surface area is 109 Å². The molecule has 0 radical (unpaired) electrons. The van der Waals surface area contributed by atoms with Crippen LogP contribution in [0.25, 0.3) is 23.0 Å². The molecule has 2 N–H and O–H groups in total. The predicted molar refractivity (Wildman–Crippen MR) is 70.0 cm³/mol. The number of nitrogens with two attached hydrogens (primary N) is 1. The highest BCUT2D eigenvalue weighted by Crippen LogP contribution is 2.21. The Hall–Kier alpha value is -2.47. The molecule has 3 aromatic rings. The predicted octanol–water partition coefficient (Wildman–Crippen LogP) is 1.56. The minimum atomic E-state index is 0.484. The maximum atomic E-state index is 5.57. The Morgan fingerprint density at radius 2 is 2.21 bits per heavy atom. The third kappa shape index (κ3) is 2.25. The van der Waals surface area contributed by atoms with Crippen molar-refractivity contribution in [2.45, 2.75) is 6.54 Å². The zero-order valence-corrected chi connectivity index (χ0v) is 10.2. The van der Waals surface area contributed by atoms with E-state index < -0.39 is 0 Å². The van der Waals surface area contributed by atoms with Crippen LogP contribution in [-0.4, -0.2) is 26.2 Å². The summed E-state index contributed by atoms with van der Waals surface area (Å²) in [5.41, 5.74) is 7.26. The maximum Gasteiger partial charge on any atom is 0.274 e. The summed E-state index contributed by atoms with van der Waals surface area (Å²) in [6.07, 6.45) is 5.35. The smallest absolute Gasteiger partial charge is 0.274 e. The molecule has 0 spiro atoms. The van der Waals surface area contributed by atoms with Gasteiger partial charge in [0.15, 0.2) is 0 Å². The van der Waals surface area contributed by atoms with Crippen LogP contribution >= 0.6 is 0 Å². The number of pyridine rings is 1. The molecule has 0 aliphatic carbocycles. The van der Waals surface area contributed by atoms with Crippen molar-refractivity contribution in [3.8, 4) is 23.0 Å². The lowest BCUT2D eigenvalue weighted by molar-refractivity contribution is 0.428. The molecule has 3 rings (SSSR count). The molecule has 0 amide bonds. The van der Waals surface area contributed by atoms with Gasteiger partial charge in [0.25, 0.3) is 5.89 Å². The number of hydrogen-bond donors (Lipinski definition) is 1. The van der Waals surface area contributed by atoms with E-state index in [4.69, 9.17) is 10.3 Å². The first-order valence-corrected chi connectivity index (χ1v) is 5.98. The quantitative estimate of drug-likeness (QED) is 0.765. The highest BCUT2D eigenvalue weighted by Gasteiger charge is 2.13. The normalized spacial score (nSPS) is 10.8. The fourth-order valence-corrected chi connectivity index (χ4v) is 1.88. The molecule has 3 aromatic heterocycles. The molecule has 19 heavy (non-hydrogen) atoms. The summed E-state index contributed by atoms with van der Waals surface area (Å²) in [4.78, 5) is 8.42. The summed E-state index contributed by atoms with van der Waals surface area (Å²) < 4.78 is 7.29. The minimum absolute atomic E-state index is 0.484. The Kier molecular flexibility index (Phi) is 3.07. The molecule has 0 unspecified atom stereocenters. The van der Waals surface area contributed by atoms with Gasteiger partial charge in [0.2, 0.25) is 5.82 Å². The zero-order valence-electron chi connectivity index (χ0n) is 10.2. The van der Waals surface area contributed by atoms with Gasteiger partial charge in [-0.1, -0.05) is 5.16 Å². The van der Waals surface area contributed by atoms with E-state index in [1.165, 1.54) is 0 Å². The van der Waals surface area contributed by atoms with Crippen molar-refractivity contribution < 1.29 is 4.52 Å². The van der Waals surface area contributed by atoms with Gasteiger partial charge >= 0.3 is 0 Å². The van der Waals surface area contributed by atoms with Crippen molar-refractivity contribution in [1.82, 2.24) is 19.7 Å². The summed E-state index contributed by atoms with van der Waals surface area (Å²) in [5, 5.41) is 3.97. The van der Waals surface area contributed by atoms with E-state index in [9.17, 15) is 0 Å². The zero-order chi connectivity index (χ0) is 13.1. The number of nitrogens with zero attached hydrogens (tertiary/aromatic N) is 4. The number of rotatable bonds is 4. The molecule has 0 aliphatic rings. The lowest BCUT2D eigenvalue weighted by Crippen LogP contribution is -2.09. The third-order valence-electron chi connectivity index (χ3n) is 2.76. The molecular weight excluding hydrogens is 242 g/mol. The second-order valence-electron chi connectivity index (χ2n) is 4.04. The molecule has 0 bridgehead atoms. The lowest BCUT2D eigenvalue weighted by atomic mass is 10.3. The van der Waals surface area contributed by atoms with Crippen molar-refractivity contribution in [1.29, 1.82) is 0 Å². The van der Waals surface area contributed by atoms with Crippen LogP contribution < -0.4 is 5.73 Å². The van der Waals surface area contributed by atoms with Gasteiger partial charge in [-0.25, -0.2) is 0 Å². The molecule has 0 aromatic carbocycles. The van der Waals surface area contributed by atoms with Crippen LogP contribution in [0.1, 0.15) is 0 Å². The van der Waals surface area contributed by atoms with E-state index in [0.717, 1.165) is 11.3 Å². The molecule has 0 aliphatic heterocycles. The van der Waals surface area contributed by atoms with Crippen molar-refractivity contribution in [3.05, 3.63) is 42.9 Å². The van der Waals surface area contributed by atoms with E-state index in [0.29, 0.717) is 24.8 Å². The van der Waals surface area contributed by atoms with Crippen LogP contribution in [0.15, 0.2) is 47.4 Å². The fourth-order valence-electron chi connectivity index (χ4n) is 1.88. The third-order valence-corrected chi connectivity index (χ3v) is 2.76. The van der Waals surface area contributed by atoms with Crippen molar-refractivity contribution in [3.63, 3.8) is 0 Å². The largest absolute Gasteiger partial charge is 0.342 e. The van der Waals surface area contributed by atoms with E-state index >= 15 is 0 Å². The van der Waals surface area contributed by atoms with E-state index in [-0.39, 0.29) is 0 Å². The van der Waals surface area contributed by atoms with Crippen molar-refractivity contribution >= 4 is 0 Å². The summed E-state index contributed by atoms with van der Waals surface area (Å²) >= 11 is 0. The highest BCUT2D eigenvalue weighted by molar-refractivity contribution is 5.56. The summed E-state index contributed by atoms with van der Waals surface area (Å²) in [6.45, 7) is 1.28. The first-order chi connectivity index (χ1) is 9.38. The Balaban J connectivity index is 1.95. The average molecular weight is 255 g/mol. The van der Waals surface area contributed by atoms with Gasteiger partial charge in [0.1, 0.15) is 5.69 Å². The van der Waals surface area contributed by atoms with Crippen LogP contribution in [-0.2, 0) is 6.54 Å². The molecule has 0 fully saturated rings. The van der Waals surface area contributed by atoms with Crippen molar-refractivity contribution in [2.75, 3.05) is 6.54 Å². The standard InChI is InChI=1S/C13H13N5O/c14-5-8-18-7-2-4-11(18)13-16-12(17-19-13)10-3-1-6-15-9-10/h1-4,6-7,9H,5,8,14H2. The van der Waals surface area contributed by atoms with Gasteiger partial charge in [0.05, 0.1) is 0 Å². The molecule has 6 heteroatoms. The van der Waals surface area contributed by atoms with E-state index in [1.807, 2.05) is 35.0 Å². The van der Waals surface area contributed by atoms with Gasteiger partial charge in [-0.05, 0) is 24.3 Å². The van der Waals surface area contributed by atoms with Gasteiger partial charge in [-0.15, -0.1) is 0 Å². The maximum absolute atomic E-state index is 5.57. The molecule has 0 saturated carbocycles. The second kappa shape index (κ2) is 5.03. The molecule has 96 valence electrons. The SMILES string of the molecule is NCCn1cccc1-c1nc(-c2cccnc2)no1. The summed E-state index contributed by atoms with van der Waals surface area (Å²) in [6, 6.07) is 7.58. The molecular formula is C13H13N5O. The fraction of sp³-hybridized carbons (Fsp3) is 0.154. The van der Waals surface area contributed by atoms with Crippen LogP contribution in [0.5, 0.6) is 0 Å². The van der Waals surface area contributed by atoms with E-state index in [1.54, 1.807) is 12.4 Å². The van der Waals surface area contributed by atoms with Crippen LogP contribution in [0, 0.1) is 0 Å². The van der Waals surface area contributed by atoms with Crippen molar-refractivity contribution in [2.24, 2.45) is 5.73 Å². The summed E-state index contributed by atoms with van der Waals surface area (Å²) in [7, 11) is 0. The van der Waals surface area contributed by atoms with Gasteiger partial charge < -0.3 is 14.8 Å². The molecule has 0 atom stereocenters. The highest BCUT2D eigenvalue weighted by atomic mass is 16.5. The first kappa shape index (κ1) is 11.6.